The van der Waals surface area contributed by atoms with Crippen molar-refractivity contribution in [1.82, 2.24) is 34.6 Å². The summed E-state index contributed by atoms with van der Waals surface area (Å²) in [6.07, 6.45) is 5.28. The van der Waals surface area contributed by atoms with E-state index in [0.29, 0.717) is 34.2 Å². The second-order valence-electron chi connectivity index (χ2n) is 13.8. The van der Waals surface area contributed by atoms with Gasteiger partial charge in [-0.05, 0) is 67.5 Å². The molecule has 13 heteroatoms. The number of likely N-dealkylation sites (tertiary alicyclic amines) is 1. The van der Waals surface area contributed by atoms with Crippen molar-refractivity contribution >= 4 is 40.0 Å². The Hall–Kier alpha value is -5.20. The van der Waals surface area contributed by atoms with Crippen LogP contribution in [0.2, 0.25) is 5.02 Å². The number of aryl methyl sites for hydroxylation is 2. The van der Waals surface area contributed by atoms with Crippen molar-refractivity contribution in [3.8, 4) is 28.3 Å². The molecule has 3 aliphatic rings. The van der Waals surface area contributed by atoms with Crippen LogP contribution in [0.1, 0.15) is 42.0 Å². The number of pyridine rings is 2. The zero-order chi connectivity index (χ0) is 35.6. The molecule has 5 aromatic rings. The summed E-state index contributed by atoms with van der Waals surface area (Å²) >= 11 is 7.25. The van der Waals surface area contributed by atoms with Crippen LogP contribution in [0.5, 0.6) is 5.88 Å². The zero-order valence-corrected chi connectivity index (χ0v) is 29.7. The van der Waals surface area contributed by atoms with Crippen LogP contribution < -0.4 is 31.9 Å². The number of halogens is 1. The molecule has 2 aromatic carbocycles. The molecule has 1 aliphatic carbocycles. The number of carbonyl (C=O) groups is 1. The Kier molecular flexibility index (Phi) is 8.10. The Morgan fingerprint density at radius 3 is 2.61 bits per heavy atom. The van der Waals surface area contributed by atoms with Crippen molar-refractivity contribution < 1.29 is 9.53 Å². The molecule has 2 aliphatic heterocycles. The van der Waals surface area contributed by atoms with Gasteiger partial charge in [-0.2, -0.15) is 0 Å². The average Bonchev–Trinajstić information content (AvgIpc) is 3.74. The van der Waals surface area contributed by atoms with Gasteiger partial charge in [0.2, 0.25) is 5.88 Å². The summed E-state index contributed by atoms with van der Waals surface area (Å²) in [5.74, 6) is 0.969. The molecule has 2 atom stereocenters. The van der Waals surface area contributed by atoms with Crippen molar-refractivity contribution in [2.24, 2.45) is 14.1 Å². The van der Waals surface area contributed by atoms with E-state index < -0.39 is 11.2 Å². The fourth-order valence-electron chi connectivity index (χ4n) is 8.23. The lowest BCUT2D eigenvalue weighted by atomic mass is 9.93. The van der Waals surface area contributed by atoms with Gasteiger partial charge >= 0.3 is 11.7 Å². The van der Waals surface area contributed by atoms with Gasteiger partial charge in [0.25, 0.3) is 5.56 Å². The number of rotatable bonds is 6. The quantitative estimate of drug-likeness (QED) is 0.219. The third-order valence-electron chi connectivity index (χ3n) is 10.9. The number of hydrogen-bond donors (Lipinski definition) is 3. The number of urea groups is 1. The van der Waals surface area contributed by atoms with Gasteiger partial charge in [-0.15, -0.1) is 0 Å². The monoisotopic (exact) mass is 706 g/mol. The van der Waals surface area contributed by atoms with Gasteiger partial charge in [0.05, 0.1) is 28.9 Å². The molecule has 2 amide bonds. The van der Waals surface area contributed by atoms with Crippen molar-refractivity contribution in [3.05, 3.63) is 97.3 Å². The Morgan fingerprint density at radius 1 is 1.02 bits per heavy atom. The predicted molar refractivity (Wildman–Crippen MR) is 198 cm³/mol. The Labute approximate surface area is 299 Å². The largest absolute Gasteiger partial charge is 0.481 e. The van der Waals surface area contributed by atoms with Gasteiger partial charge < -0.3 is 20.7 Å². The first-order chi connectivity index (χ1) is 24.6. The van der Waals surface area contributed by atoms with Gasteiger partial charge in [-0.3, -0.25) is 18.8 Å². The molecule has 262 valence electrons. The molecule has 5 heterocycles. The molecule has 1 unspecified atom stereocenters. The van der Waals surface area contributed by atoms with E-state index in [9.17, 15) is 14.4 Å². The van der Waals surface area contributed by atoms with E-state index in [0.717, 1.165) is 82.5 Å². The van der Waals surface area contributed by atoms with E-state index in [1.54, 1.807) is 26.4 Å². The number of benzene rings is 2. The summed E-state index contributed by atoms with van der Waals surface area (Å²) < 4.78 is 8.48. The molecule has 2 fully saturated rings. The number of fused-ring (bicyclic) bond motifs is 2. The first-order valence-electron chi connectivity index (χ1n) is 17.2. The SMILES string of the molecule is COc1nc(-c2cccc(-c3cccc(Nc4nccc5c4c(=O)n(C)c(=O)n5C)c3C)c2Cl)cc2c1C(N1CC[C@@]3(CCNC(=O)N3)C1)CC2. The summed E-state index contributed by atoms with van der Waals surface area (Å²) in [5, 5.41) is 10.3. The minimum atomic E-state index is -0.420. The highest BCUT2D eigenvalue weighted by Gasteiger charge is 2.45. The summed E-state index contributed by atoms with van der Waals surface area (Å²) in [7, 11) is 4.77. The van der Waals surface area contributed by atoms with Gasteiger partial charge in [-0.25, -0.2) is 19.6 Å². The number of carbonyl (C=O) groups excluding carboxylic acids is 1. The Bertz CT molecular complexity index is 2370. The molecule has 0 bridgehead atoms. The maximum atomic E-state index is 13.2. The van der Waals surface area contributed by atoms with Crippen LogP contribution >= 0.6 is 11.6 Å². The number of amides is 2. The molecular formula is C38H39ClN8O4. The van der Waals surface area contributed by atoms with Crippen LogP contribution in [0.15, 0.2) is 64.3 Å². The normalized spacial score (nSPS) is 20.0. The second kappa shape index (κ2) is 12.5. The zero-order valence-electron chi connectivity index (χ0n) is 29.0. The number of ether oxygens (including phenoxy) is 1. The van der Waals surface area contributed by atoms with Gasteiger partial charge in [0.15, 0.2) is 0 Å². The lowest BCUT2D eigenvalue weighted by Gasteiger charge is -2.36. The molecule has 3 N–H and O–H groups in total. The summed E-state index contributed by atoms with van der Waals surface area (Å²) in [6.45, 7) is 4.40. The fraction of sp³-hybridized carbons (Fsp3) is 0.342. The maximum Gasteiger partial charge on any atom is 0.330 e. The second-order valence-corrected chi connectivity index (χ2v) is 14.2. The summed E-state index contributed by atoms with van der Waals surface area (Å²) in [5.41, 5.74) is 6.76. The number of nitrogens with zero attached hydrogens (tertiary/aromatic N) is 5. The third-order valence-corrected chi connectivity index (χ3v) is 11.4. The average molecular weight is 707 g/mol. The smallest absolute Gasteiger partial charge is 0.330 e. The highest BCUT2D eigenvalue weighted by Crippen LogP contribution is 2.46. The molecule has 1 spiro atoms. The van der Waals surface area contributed by atoms with Crippen molar-refractivity contribution in [2.45, 2.75) is 44.2 Å². The highest BCUT2D eigenvalue weighted by molar-refractivity contribution is 6.36. The van der Waals surface area contributed by atoms with Gasteiger partial charge in [0.1, 0.15) is 11.2 Å². The van der Waals surface area contributed by atoms with Crippen LogP contribution in [0.25, 0.3) is 33.3 Å². The number of methoxy groups -OCH3 is 1. The lowest BCUT2D eigenvalue weighted by molar-refractivity contribution is 0.187. The highest BCUT2D eigenvalue weighted by atomic mass is 35.5. The fourth-order valence-corrected chi connectivity index (χ4v) is 8.55. The molecule has 3 aromatic heterocycles. The van der Waals surface area contributed by atoms with Crippen LogP contribution in [0.4, 0.5) is 16.3 Å². The number of nitrogens with one attached hydrogen (secondary N) is 3. The first-order valence-corrected chi connectivity index (χ1v) is 17.6. The van der Waals surface area contributed by atoms with E-state index in [4.69, 9.17) is 21.3 Å². The molecule has 8 rings (SSSR count). The molecule has 2 saturated heterocycles. The van der Waals surface area contributed by atoms with E-state index in [2.05, 4.69) is 31.9 Å². The predicted octanol–water partition coefficient (Wildman–Crippen LogP) is 5.21. The molecule has 12 nitrogen and oxygen atoms in total. The van der Waals surface area contributed by atoms with E-state index >= 15 is 0 Å². The van der Waals surface area contributed by atoms with Crippen LogP contribution in [-0.4, -0.2) is 62.3 Å². The van der Waals surface area contributed by atoms with Crippen LogP contribution in [0, 0.1) is 6.92 Å². The van der Waals surface area contributed by atoms with Crippen LogP contribution in [-0.2, 0) is 20.5 Å². The minimum absolute atomic E-state index is 0.0841. The topological polar surface area (TPSA) is 135 Å². The van der Waals surface area contributed by atoms with Gasteiger partial charge in [0, 0.05) is 68.3 Å². The number of hydrogen-bond acceptors (Lipinski definition) is 8. The van der Waals surface area contributed by atoms with E-state index in [1.807, 2.05) is 43.3 Å². The Balaban J connectivity index is 1.12. The third kappa shape index (κ3) is 5.44. The number of anilines is 2. The van der Waals surface area contributed by atoms with Gasteiger partial charge in [-0.1, -0.05) is 41.9 Å². The van der Waals surface area contributed by atoms with Crippen molar-refractivity contribution in [3.63, 3.8) is 0 Å². The van der Waals surface area contributed by atoms with E-state index in [1.165, 1.54) is 17.2 Å². The standard InChI is InChI=1S/C38H39ClN8O4/c1-21-23(7-6-10-26(21)42-33-31-28(13-16-40-33)45(2)37(50)46(3)35(31)48)24-8-5-9-25(32(24)39)27-19-22-11-12-29(30(22)34(43-27)51-4)47-18-15-38(20-47)14-17-41-36(49)44-38/h5-10,13,16,19,29H,11-12,14-15,17-18,20H2,1-4H3,(H,40,42)(H2,41,44,49)/t29?,38-/m0/s1. The molecular weight excluding hydrogens is 668 g/mol. The maximum absolute atomic E-state index is 13.2. The minimum Gasteiger partial charge on any atom is -0.481 e. The summed E-state index contributed by atoms with van der Waals surface area (Å²) in [4.78, 5) is 49.9. The van der Waals surface area contributed by atoms with E-state index in [-0.39, 0.29) is 17.6 Å². The molecule has 51 heavy (non-hydrogen) atoms. The molecule has 0 saturated carbocycles. The summed E-state index contributed by atoms with van der Waals surface area (Å²) in [6, 6.07) is 15.7. The van der Waals surface area contributed by atoms with Crippen molar-refractivity contribution in [2.75, 3.05) is 32.1 Å². The molecule has 0 radical (unpaired) electrons. The van der Waals surface area contributed by atoms with Crippen LogP contribution in [0.3, 0.4) is 0 Å². The van der Waals surface area contributed by atoms with Crippen molar-refractivity contribution in [1.29, 1.82) is 0 Å². The Morgan fingerprint density at radius 2 is 1.80 bits per heavy atom. The number of aromatic nitrogens is 4. The lowest BCUT2D eigenvalue weighted by Crippen LogP contribution is -2.59. The first kappa shape index (κ1) is 33.0.